The van der Waals surface area contributed by atoms with Gasteiger partial charge in [0.1, 0.15) is 0 Å². The van der Waals surface area contributed by atoms with Gasteiger partial charge in [-0.3, -0.25) is 4.79 Å². The van der Waals surface area contributed by atoms with Crippen LogP contribution >= 0.6 is 34.8 Å². The summed E-state index contributed by atoms with van der Waals surface area (Å²) in [5, 5.41) is 1.04. The van der Waals surface area contributed by atoms with Crippen molar-refractivity contribution < 1.29 is 4.79 Å². The van der Waals surface area contributed by atoms with E-state index in [0.717, 1.165) is 12.0 Å². The predicted molar refractivity (Wildman–Crippen MR) is 67.7 cm³/mol. The SMILES string of the molecule is O=C(Cl)C1CC1/C=C(\Cl)c1ccc(Cl)cc1. The van der Waals surface area contributed by atoms with Gasteiger partial charge in [0.2, 0.25) is 5.24 Å². The molecular formula is C12H9Cl3O. The van der Waals surface area contributed by atoms with Gasteiger partial charge in [0.15, 0.2) is 0 Å². The van der Waals surface area contributed by atoms with Gasteiger partial charge in [-0.2, -0.15) is 0 Å². The first kappa shape index (κ1) is 12.0. The molecule has 2 unspecified atom stereocenters. The molecular weight excluding hydrogens is 266 g/mol. The lowest BCUT2D eigenvalue weighted by molar-refractivity contribution is -0.112. The second kappa shape index (κ2) is 4.79. The van der Waals surface area contributed by atoms with Gasteiger partial charge in [-0.25, -0.2) is 0 Å². The van der Waals surface area contributed by atoms with Crippen molar-refractivity contribution in [1.29, 1.82) is 0 Å². The van der Waals surface area contributed by atoms with Crippen molar-refractivity contribution in [3.8, 4) is 0 Å². The summed E-state index contributed by atoms with van der Waals surface area (Å²) >= 11 is 17.3. The summed E-state index contributed by atoms with van der Waals surface area (Å²) in [4.78, 5) is 10.9. The van der Waals surface area contributed by atoms with Crippen LogP contribution in [0, 0.1) is 11.8 Å². The molecule has 0 amide bonds. The normalized spacial score (nSPS) is 24.3. The van der Waals surface area contributed by atoms with Crippen LogP contribution < -0.4 is 0 Å². The van der Waals surface area contributed by atoms with Gasteiger partial charge in [-0.15, -0.1) is 0 Å². The Labute approximate surface area is 109 Å². The van der Waals surface area contributed by atoms with E-state index in [0.29, 0.717) is 10.1 Å². The van der Waals surface area contributed by atoms with Crippen molar-refractivity contribution in [2.45, 2.75) is 6.42 Å². The first-order valence-corrected chi connectivity index (χ1v) is 6.04. The van der Waals surface area contributed by atoms with Gasteiger partial charge in [-0.05, 0) is 41.6 Å². The van der Waals surface area contributed by atoms with E-state index in [-0.39, 0.29) is 17.1 Å². The molecule has 0 heterocycles. The predicted octanol–water partition coefficient (Wildman–Crippen LogP) is 4.32. The molecule has 16 heavy (non-hydrogen) atoms. The number of carbonyl (C=O) groups is 1. The van der Waals surface area contributed by atoms with Crippen molar-refractivity contribution in [2.24, 2.45) is 11.8 Å². The highest BCUT2D eigenvalue weighted by Crippen LogP contribution is 2.43. The monoisotopic (exact) mass is 274 g/mol. The Balaban J connectivity index is 2.08. The number of allylic oxidation sites excluding steroid dienone is 1. The maximum Gasteiger partial charge on any atom is 0.225 e. The van der Waals surface area contributed by atoms with E-state index in [9.17, 15) is 4.79 Å². The Hall–Kier alpha value is -0.500. The molecule has 0 aliphatic heterocycles. The molecule has 1 aromatic carbocycles. The minimum Gasteiger partial charge on any atom is -0.281 e. The number of carbonyl (C=O) groups excluding carboxylic acids is 1. The third kappa shape index (κ3) is 2.79. The van der Waals surface area contributed by atoms with Crippen LogP contribution in [0.4, 0.5) is 0 Å². The Morgan fingerprint density at radius 1 is 1.25 bits per heavy atom. The summed E-state index contributed by atoms with van der Waals surface area (Å²) < 4.78 is 0. The molecule has 2 rings (SSSR count). The molecule has 1 fully saturated rings. The van der Waals surface area contributed by atoms with Crippen LogP contribution in [0.25, 0.3) is 5.03 Å². The Kier molecular flexibility index (Phi) is 3.58. The van der Waals surface area contributed by atoms with E-state index in [2.05, 4.69) is 0 Å². The van der Waals surface area contributed by atoms with Crippen LogP contribution in [-0.2, 0) is 4.79 Å². The summed E-state index contributed by atoms with van der Waals surface area (Å²) in [6.45, 7) is 0. The fourth-order valence-corrected chi connectivity index (χ4v) is 2.22. The molecule has 2 atom stereocenters. The second-order valence-electron chi connectivity index (χ2n) is 3.83. The zero-order chi connectivity index (χ0) is 11.7. The fraction of sp³-hybridized carbons (Fsp3) is 0.250. The molecule has 1 nitrogen and oxygen atoms in total. The van der Waals surface area contributed by atoms with Crippen molar-refractivity contribution in [1.82, 2.24) is 0 Å². The maximum atomic E-state index is 10.9. The van der Waals surface area contributed by atoms with Crippen molar-refractivity contribution >= 4 is 45.1 Å². The number of halogens is 3. The average molecular weight is 276 g/mol. The molecule has 1 aromatic rings. The van der Waals surface area contributed by atoms with Crippen LogP contribution in [0.2, 0.25) is 5.02 Å². The van der Waals surface area contributed by atoms with Crippen LogP contribution in [0.15, 0.2) is 30.3 Å². The van der Waals surface area contributed by atoms with Crippen LogP contribution in [0.5, 0.6) is 0 Å². The van der Waals surface area contributed by atoms with Gasteiger partial charge in [0, 0.05) is 16.0 Å². The summed E-state index contributed by atoms with van der Waals surface area (Å²) in [5.74, 6) is 0.135. The molecule has 0 N–H and O–H groups in total. The molecule has 1 aliphatic rings. The van der Waals surface area contributed by atoms with E-state index in [4.69, 9.17) is 34.8 Å². The average Bonchev–Trinajstić information content (AvgIpc) is 2.98. The highest BCUT2D eigenvalue weighted by molar-refractivity contribution is 6.64. The van der Waals surface area contributed by atoms with Crippen molar-refractivity contribution in [3.63, 3.8) is 0 Å². The Morgan fingerprint density at radius 3 is 2.38 bits per heavy atom. The van der Waals surface area contributed by atoms with Gasteiger partial charge in [0.05, 0.1) is 0 Å². The molecule has 1 saturated carbocycles. The quantitative estimate of drug-likeness (QED) is 0.751. The molecule has 1 aliphatic carbocycles. The lowest BCUT2D eigenvalue weighted by Crippen LogP contribution is -1.90. The van der Waals surface area contributed by atoms with E-state index < -0.39 is 0 Å². The third-order valence-corrected chi connectivity index (χ3v) is 3.49. The van der Waals surface area contributed by atoms with Crippen molar-refractivity contribution in [2.75, 3.05) is 0 Å². The third-order valence-electron chi connectivity index (χ3n) is 2.61. The second-order valence-corrected chi connectivity index (χ2v) is 5.05. The van der Waals surface area contributed by atoms with E-state index in [1.807, 2.05) is 18.2 Å². The van der Waals surface area contributed by atoms with Crippen molar-refractivity contribution in [3.05, 3.63) is 40.9 Å². The minimum atomic E-state index is -0.276. The molecule has 0 saturated heterocycles. The lowest BCUT2D eigenvalue weighted by Gasteiger charge is -1.99. The molecule has 0 radical (unpaired) electrons. The van der Waals surface area contributed by atoms with Crippen LogP contribution in [0.1, 0.15) is 12.0 Å². The van der Waals surface area contributed by atoms with Gasteiger partial charge in [0.25, 0.3) is 0 Å². The highest BCUT2D eigenvalue weighted by atomic mass is 35.5. The Bertz CT molecular complexity index is 436. The van der Waals surface area contributed by atoms with E-state index in [1.165, 1.54) is 0 Å². The van der Waals surface area contributed by atoms with Gasteiger partial charge >= 0.3 is 0 Å². The van der Waals surface area contributed by atoms with E-state index >= 15 is 0 Å². The first-order chi connectivity index (χ1) is 7.58. The van der Waals surface area contributed by atoms with Gasteiger partial charge in [-0.1, -0.05) is 41.4 Å². The van der Waals surface area contributed by atoms with Gasteiger partial charge < -0.3 is 0 Å². The molecule has 0 aromatic heterocycles. The fourth-order valence-electron chi connectivity index (χ4n) is 1.55. The molecule has 0 bridgehead atoms. The molecule has 0 spiro atoms. The van der Waals surface area contributed by atoms with E-state index in [1.54, 1.807) is 12.1 Å². The zero-order valence-corrected chi connectivity index (χ0v) is 10.6. The largest absolute Gasteiger partial charge is 0.281 e. The minimum absolute atomic E-state index is 0.0530. The smallest absolute Gasteiger partial charge is 0.225 e. The summed E-state index contributed by atoms with van der Waals surface area (Å²) in [5.41, 5.74) is 0.902. The first-order valence-electron chi connectivity index (χ1n) is 4.90. The zero-order valence-electron chi connectivity index (χ0n) is 8.29. The summed E-state index contributed by atoms with van der Waals surface area (Å²) in [6, 6.07) is 7.26. The topological polar surface area (TPSA) is 17.1 Å². The van der Waals surface area contributed by atoms with Crippen LogP contribution in [0.3, 0.4) is 0 Å². The molecule has 4 heteroatoms. The Morgan fingerprint density at radius 2 is 1.88 bits per heavy atom. The number of hydrogen-bond donors (Lipinski definition) is 0. The van der Waals surface area contributed by atoms with Crippen LogP contribution in [-0.4, -0.2) is 5.24 Å². The molecule has 84 valence electrons. The number of hydrogen-bond acceptors (Lipinski definition) is 1. The number of rotatable bonds is 3. The number of benzene rings is 1. The lowest BCUT2D eigenvalue weighted by atomic mass is 10.2. The highest BCUT2D eigenvalue weighted by Gasteiger charge is 2.40. The maximum absolute atomic E-state index is 10.9. The summed E-state index contributed by atoms with van der Waals surface area (Å²) in [7, 11) is 0. The summed E-state index contributed by atoms with van der Waals surface area (Å²) in [6.07, 6.45) is 2.68. The standard InChI is InChI=1S/C12H9Cl3O/c13-9-3-1-7(2-4-9)11(14)6-8-5-10(8)12(15)16/h1-4,6,8,10H,5H2/b11-6-.